The van der Waals surface area contributed by atoms with E-state index in [1.165, 1.54) is 0 Å². The smallest absolute Gasteiger partial charge is 0.231 e. The molecule has 21 heavy (non-hydrogen) atoms. The van der Waals surface area contributed by atoms with E-state index in [1.54, 1.807) is 12.4 Å². The molecule has 6 heteroatoms. The van der Waals surface area contributed by atoms with Gasteiger partial charge in [-0.1, -0.05) is 12.2 Å². The summed E-state index contributed by atoms with van der Waals surface area (Å²) in [7, 11) is 0. The van der Waals surface area contributed by atoms with Crippen molar-refractivity contribution in [1.82, 2.24) is 14.8 Å². The number of amides is 1. The number of rotatable bonds is 3. The molecule has 0 aliphatic heterocycles. The average molecular weight is 285 g/mol. The van der Waals surface area contributed by atoms with E-state index in [0.717, 1.165) is 11.0 Å². The van der Waals surface area contributed by atoms with E-state index in [0.29, 0.717) is 12.1 Å². The van der Waals surface area contributed by atoms with Crippen LogP contribution in [0.2, 0.25) is 0 Å². The van der Waals surface area contributed by atoms with Crippen LogP contribution < -0.4 is 11.1 Å². The first-order valence-corrected chi connectivity index (χ1v) is 7.12. The molecule has 2 heterocycles. The minimum Gasteiger partial charge on any atom is -0.324 e. The Bertz CT molecular complexity index is 703. The van der Waals surface area contributed by atoms with Crippen molar-refractivity contribution in [2.24, 2.45) is 11.7 Å². The lowest BCUT2D eigenvalue weighted by Crippen LogP contribution is -2.24. The van der Waals surface area contributed by atoms with Gasteiger partial charge in [0.2, 0.25) is 5.91 Å². The molecule has 0 fully saturated rings. The Labute approximate surface area is 123 Å². The molecule has 1 amide bonds. The van der Waals surface area contributed by atoms with Crippen LogP contribution in [0.4, 0.5) is 5.69 Å². The maximum absolute atomic E-state index is 12.1. The molecule has 0 saturated carbocycles. The maximum atomic E-state index is 12.1. The zero-order valence-corrected chi connectivity index (χ0v) is 12.2. The molecule has 3 N–H and O–H groups in total. The summed E-state index contributed by atoms with van der Waals surface area (Å²) in [6, 6.07) is 2.12. The number of hydrogen-bond donors (Lipinski definition) is 2. The van der Waals surface area contributed by atoms with Gasteiger partial charge in [-0.15, -0.1) is 0 Å². The van der Waals surface area contributed by atoms with Crippen LogP contribution in [0.15, 0.2) is 30.6 Å². The van der Waals surface area contributed by atoms with Crippen LogP contribution in [0.25, 0.3) is 11.0 Å². The molecule has 3 rings (SSSR count). The van der Waals surface area contributed by atoms with E-state index in [9.17, 15) is 4.79 Å². The zero-order valence-electron chi connectivity index (χ0n) is 12.2. The number of hydrogen-bond acceptors (Lipinski definition) is 4. The summed E-state index contributed by atoms with van der Waals surface area (Å²) in [5, 5.41) is 8.12. The molecule has 0 bridgehead atoms. The van der Waals surface area contributed by atoms with E-state index in [1.807, 2.05) is 22.9 Å². The summed E-state index contributed by atoms with van der Waals surface area (Å²) in [4.78, 5) is 16.5. The van der Waals surface area contributed by atoms with Crippen molar-refractivity contribution in [3.63, 3.8) is 0 Å². The fourth-order valence-corrected chi connectivity index (χ4v) is 2.54. The lowest BCUT2D eigenvalue weighted by atomic mass is 10.1. The van der Waals surface area contributed by atoms with Gasteiger partial charge in [-0.3, -0.25) is 4.79 Å². The van der Waals surface area contributed by atoms with E-state index >= 15 is 0 Å². The summed E-state index contributed by atoms with van der Waals surface area (Å²) in [6.07, 6.45) is 7.83. The van der Waals surface area contributed by atoms with Gasteiger partial charge in [0.25, 0.3) is 0 Å². The molecule has 110 valence electrons. The van der Waals surface area contributed by atoms with Crippen molar-refractivity contribution >= 4 is 22.6 Å². The standard InChI is InChI=1S/C15H19N5O/c1-9(2)20-14-11(7-18-20)6-13(8-17-14)19-15(21)10-3-4-12(16)5-10/h3-4,6-10,12H,5,16H2,1-2H3,(H,19,21). The highest BCUT2D eigenvalue weighted by Crippen LogP contribution is 2.21. The Kier molecular flexibility index (Phi) is 3.47. The average Bonchev–Trinajstić information content (AvgIpc) is 3.04. The summed E-state index contributed by atoms with van der Waals surface area (Å²) in [5.41, 5.74) is 7.28. The Morgan fingerprint density at radius 3 is 2.90 bits per heavy atom. The number of nitrogens with zero attached hydrogens (tertiary/aromatic N) is 3. The predicted octanol–water partition coefficient (Wildman–Crippen LogP) is 1.85. The van der Waals surface area contributed by atoms with Gasteiger partial charge in [-0.25, -0.2) is 9.67 Å². The van der Waals surface area contributed by atoms with Crippen LogP contribution in [0.1, 0.15) is 26.3 Å². The first-order valence-electron chi connectivity index (χ1n) is 7.12. The third-order valence-electron chi connectivity index (χ3n) is 3.64. The van der Waals surface area contributed by atoms with E-state index in [4.69, 9.17) is 5.73 Å². The number of pyridine rings is 1. The Morgan fingerprint density at radius 2 is 2.24 bits per heavy atom. The topological polar surface area (TPSA) is 85.8 Å². The van der Waals surface area contributed by atoms with Crippen molar-refractivity contribution in [2.75, 3.05) is 5.32 Å². The molecule has 6 nitrogen and oxygen atoms in total. The summed E-state index contributed by atoms with van der Waals surface area (Å²) in [5.74, 6) is -0.203. The highest BCUT2D eigenvalue weighted by molar-refractivity contribution is 5.95. The van der Waals surface area contributed by atoms with Gasteiger partial charge in [-0.2, -0.15) is 5.10 Å². The number of nitrogens with one attached hydrogen (secondary N) is 1. The van der Waals surface area contributed by atoms with Gasteiger partial charge in [0, 0.05) is 17.5 Å². The second-order valence-corrected chi connectivity index (χ2v) is 5.70. The maximum Gasteiger partial charge on any atom is 0.231 e. The normalized spacial score (nSPS) is 21.3. The van der Waals surface area contributed by atoms with Crippen LogP contribution in [0, 0.1) is 5.92 Å². The molecule has 0 aromatic carbocycles. The van der Waals surface area contributed by atoms with Crippen LogP contribution >= 0.6 is 0 Å². The lowest BCUT2D eigenvalue weighted by molar-refractivity contribution is -0.118. The van der Waals surface area contributed by atoms with Crippen LogP contribution in [0.5, 0.6) is 0 Å². The third-order valence-corrected chi connectivity index (χ3v) is 3.64. The lowest BCUT2D eigenvalue weighted by Gasteiger charge is -2.11. The Morgan fingerprint density at radius 1 is 1.43 bits per heavy atom. The van der Waals surface area contributed by atoms with E-state index in [2.05, 4.69) is 29.2 Å². The third kappa shape index (κ3) is 2.67. The number of anilines is 1. The molecule has 2 atom stereocenters. The van der Waals surface area contributed by atoms with Crippen molar-refractivity contribution < 1.29 is 4.79 Å². The SMILES string of the molecule is CC(C)n1ncc2cc(NC(=O)C3C=CC(N)C3)cnc21. The largest absolute Gasteiger partial charge is 0.324 e. The fourth-order valence-electron chi connectivity index (χ4n) is 2.54. The van der Waals surface area contributed by atoms with Gasteiger partial charge < -0.3 is 11.1 Å². The molecule has 2 aromatic rings. The molecule has 2 aromatic heterocycles. The van der Waals surface area contributed by atoms with Gasteiger partial charge in [0.05, 0.1) is 24.0 Å². The zero-order chi connectivity index (χ0) is 15.0. The minimum atomic E-state index is -0.158. The van der Waals surface area contributed by atoms with Crippen LogP contribution in [-0.2, 0) is 4.79 Å². The number of nitrogens with two attached hydrogens (primary N) is 1. The Hall–Kier alpha value is -2.21. The van der Waals surface area contributed by atoms with Crippen LogP contribution in [-0.4, -0.2) is 26.7 Å². The highest BCUT2D eigenvalue weighted by atomic mass is 16.1. The summed E-state index contributed by atoms with van der Waals surface area (Å²) >= 11 is 0. The summed E-state index contributed by atoms with van der Waals surface area (Å²) in [6.45, 7) is 4.11. The molecular weight excluding hydrogens is 266 g/mol. The highest BCUT2D eigenvalue weighted by Gasteiger charge is 2.22. The number of carbonyl (C=O) groups excluding carboxylic acids is 1. The van der Waals surface area contributed by atoms with Gasteiger partial charge in [0.1, 0.15) is 0 Å². The molecule has 0 spiro atoms. The van der Waals surface area contributed by atoms with Crippen molar-refractivity contribution in [1.29, 1.82) is 0 Å². The Balaban J connectivity index is 1.79. The second kappa shape index (κ2) is 5.29. The van der Waals surface area contributed by atoms with E-state index in [-0.39, 0.29) is 23.9 Å². The van der Waals surface area contributed by atoms with E-state index < -0.39 is 0 Å². The fraction of sp³-hybridized carbons (Fsp3) is 0.400. The van der Waals surface area contributed by atoms with Crippen molar-refractivity contribution in [2.45, 2.75) is 32.4 Å². The molecular formula is C15H19N5O. The number of carbonyl (C=O) groups is 1. The first-order chi connectivity index (χ1) is 10.0. The monoisotopic (exact) mass is 285 g/mol. The van der Waals surface area contributed by atoms with Crippen molar-refractivity contribution in [3.8, 4) is 0 Å². The minimum absolute atomic E-state index is 0.0226. The summed E-state index contributed by atoms with van der Waals surface area (Å²) < 4.78 is 1.86. The van der Waals surface area contributed by atoms with Gasteiger partial charge in [-0.05, 0) is 26.3 Å². The molecule has 0 saturated heterocycles. The molecule has 2 unspecified atom stereocenters. The quantitative estimate of drug-likeness (QED) is 0.843. The second-order valence-electron chi connectivity index (χ2n) is 5.70. The van der Waals surface area contributed by atoms with Gasteiger partial charge >= 0.3 is 0 Å². The predicted molar refractivity (Wildman–Crippen MR) is 81.8 cm³/mol. The first kappa shape index (κ1) is 13.8. The van der Waals surface area contributed by atoms with Crippen molar-refractivity contribution in [3.05, 3.63) is 30.6 Å². The molecule has 0 radical (unpaired) electrons. The van der Waals surface area contributed by atoms with Crippen LogP contribution in [0.3, 0.4) is 0 Å². The number of aromatic nitrogens is 3. The number of fused-ring (bicyclic) bond motifs is 1. The molecule has 1 aliphatic carbocycles. The molecule has 1 aliphatic rings. The van der Waals surface area contributed by atoms with Gasteiger partial charge in [0.15, 0.2) is 5.65 Å².